The molecule has 198 valence electrons. The van der Waals surface area contributed by atoms with Crippen LogP contribution in [0.4, 0.5) is 5.82 Å². The van der Waals surface area contributed by atoms with Gasteiger partial charge in [-0.1, -0.05) is 99.1 Å². The molecular weight excluding hydrogens is 497 g/mol. The second-order valence-electron chi connectivity index (χ2n) is 9.05. The summed E-state index contributed by atoms with van der Waals surface area (Å²) in [6, 6.07) is 0. The third kappa shape index (κ3) is 13.3. The third-order valence-corrected chi connectivity index (χ3v) is 9.67. The van der Waals surface area contributed by atoms with Crippen LogP contribution in [0.5, 0.6) is 0 Å². The second kappa shape index (κ2) is 19.3. The van der Waals surface area contributed by atoms with Gasteiger partial charge in [0, 0.05) is 11.5 Å². The van der Waals surface area contributed by atoms with Crippen molar-refractivity contribution in [1.29, 1.82) is 0 Å². The van der Waals surface area contributed by atoms with Crippen molar-refractivity contribution in [2.24, 2.45) is 0 Å². The molecule has 0 spiro atoms. The van der Waals surface area contributed by atoms with Crippen LogP contribution >= 0.6 is 29.4 Å². The van der Waals surface area contributed by atoms with Crippen LogP contribution in [0.2, 0.25) is 0 Å². The van der Waals surface area contributed by atoms with Crippen LogP contribution in [-0.2, 0) is 11.3 Å². The summed E-state index contributed by atoms with van der Waals surface area (Å²) in [5, 5.41) is 0. The first kappa shape index (κ1) is 30.4. The lowest BCUT2D eigenvalue weighted by Gasteiger charge is -2.10. The zero-order valence-electron chi connectivity index (χ0n) is 21.6. The van der Waals surface area contributed by atoms with Crippen molar-refractivity contribution in [2.45, 2.75) is 104 Å². The largest absolute Gasteiger partial charge is 0.629 e. The van der Waals surface area contributed by atoms with E-state index in [9.17, 15) is 4.89 Å². The van der Waals surface area contributed by atoms with Gasteiger partial charge < -0.3 is 19.9 Å². The van der Waals surface area contributed by atoms with E-state index in [0.29, 0.717) is 29.7 Å². The predicted molar refractivity (Wildman–Crippen MR) is 154 cm³/mol. The van der Waals surface area contributed by atoms with Crippen LogP contribution in [0.25, 0.3) is 11.2 Å². The number of nitrogens with zero attached hydrogens (tertiary/aromatic N) is 4. The number of imidazole rings is 1. The highest BCUT2D eigenvalue weighted by Crippen LogP contribution is 2.26. The Bertz CT molecular complexity index is 852. The van der Waals surface area contributed by atoms with Gasteiger partial charge in [0.1, 0.15) is 18.0 Å². The highest BCUT2D eigenvalue weighted by Gasteiger charge is 2.11. The van der Waals surface area contributed by atoms with Gasteiger partial charge in [-0.15, -0.1) is 0 Å². The smallest absolute Gasteiger partial charge is 0.208 e. The van der Waals surface area contributed by atoms with Gasteiger partial charge in [0.25, 0.3) is 0 Å². The molecule has 2 aromatic heterocycles. The van der Waals surface area contributed by atoms with Gasteiger partial charge >= 0.3 is 0 Å². The summed E-state index contributed by atoms with van der Waals surface area (Å²) in [4.78, 5) is 24.7. The van der Waals surface area contributed by atoms with Crippen molar-refractivity contribution >= 4 is 52.3 Å². The lowest BCUT2D eigenvalue weighted by Crippen LogP contribution is -2.16. The summed E-state index contributed by atoms with van der Waals surface area (Å²) >= 11 is 0. The fourth-order valence-corrected chi connectivity index (χ4v) is 7.58. The molecule has 2 N–H and O–H groups in total. The van der Waals surface area contributed by atoms with Crippen LogP contribution < -0.4 is 10.6 Å². The van der Waals surface area contributed by atoms with E-state index in [1.54, 1.807) is 6.33 Å². The number of hydrogen-bond donors (Lipinski definition) is 1. The van der Waals surface area contributed by atoms with E-state index in [-0.39, 0.29) is 6.10 Å². The van der Waals surface area contributed by atoms with E-state index in [2.05, 4.69) is 21.9 Å². The van der Waals surface area contributed by atoms with E-state index in [1.807, 2.05) is 33.1 Å². The summed E-state index contributed by atoms with van der Waals surface area (Å²) in [5.74, 6) is 3.93. The Morgan fingerprint density at radius 1 is 0.971 bits per heavy atom. The zero-order chi connectivity index (χ0) is 25.1. The minimum absolute atomic E-state index is 0.143. The highest BCUT2D eigenvalue weighted by atomic mass is 33.1. The maximum Gasteiger partial charge on any atom is 0.208 e. The molecule has 0 fully saturated rings. The Hall–Kier alpha value is -0.860. The second-order valence-corrected chi connectivity index (χ2v) is 13.2. The molecule has 0 aliphatic heterocycles. The molecule has 0 aromatic carbocycles. The molecule has 2 atom stereocenters. The highest BCUT2D eigenvalue weighted by molar-refractivity contribution is 8.76. The fourth-order valence-electron chi connectivity index (χ4n) is 3.82. The first-order valence-electron chi connectivity index (χ1n) is 13.2. The molecule has 0 aliphatic carbocycles. The molecule has 2 aromatic rings. The van der Waals surface area contributed by atoms with Gasteiger partial charge in [-0.05, 0) is 13.3 Å². The molecular formula is C25H44N5O2PS2. The van der Waals surface area contributed by atoms with Crippen LogP contribution in [0.1, 0.15) is 90.9 Å². The Balaban J connectivity index is 1.42. The number of anilines is 1. The fraction of sp³-hybridized carbons (Fsp3) is 0.760. The van der Waals surface area contributed by atoms with Crippen molar-refractivity contribution in [3.63, 3.8) is 0 Å². The van der Waals surface area contributed by atoms with Gasteiger partial charge in [-0.3, -0.25) is 0 Å². The zero-order valence-corrected chi connectivity index (χ0v) is 24.1. The summed E-state index contributed by atoms with van der Waals surface area (Å²) in [7, 11) is 2.27. The molecule has 0 saturated heterocycles. The van der Waals surface area contributed by atoms with Crippen LogP contribution in [0.3, 0.4) is 0 Å². The Kier molecular flexibility index (Phi) is 16.7. The molecule has 1 unspecified atom stereocenters. The van der Waals surface area contributed by atoms with Crippen molar-refractivity contribution in [3.8, 4) is 0 Å². The van der Waals surface area contributed by atoms with Crippen molar-refractivity contribution in [3.05, 3.63) is 12.7 Å². The normalized spacial score (nSPS) is 13.1. The van der Waals surface area contributed by atoms with E-state index in [1.165, 1.54) is 95.1 Å². The number of unbranched alkanes of at least 4 members (excludes halogenated alkanes) is 11. The van der Waals surface area contributed by atoms with Gasteiger partial charge in [0.05, 0.1) is 26.7 Å². The lowest BCUT2D eigenvalue weighted by molar-refractivity contribution is -0.153. The molecule has 0 saturated carbocycles. The number of ether oxygens (including phenoxy) is 1. The molecule has 0 amide bonds. The molecule has 0 bridgehead atoms. The van der Waals surface area contributed by atoms with Crippen LogP contribution in [0, 0.1) is 0 Å². The summed E-state index contributed by atoms with van der Waals surface area (Å²) in [6.07, 6.45) is 20.3. The quantitative estimate of drug-likeness (QED) is 0.110. The number of nitrogen functional groups attached to an aromatic ring is 1. The van der Waals surface area contributed by atoms with E-state index in [4.69, 9.17) is 10.5 Å². The van der Waals surface area contributed by atoms with Gasteiger partial charge in [-0.2, -0.15) is 0 Å². The Morgan fingerprint density at radius 3 is 2.29 bits per heavy atom. The maximum atomic E-state index is 12.2. The summed E-state index contributed by atoms with van der Waals surface area (Å²) in [5.41, 5.74) is 7.10. The van der Waals surface area contributed by atoms with Crippen molar-refractivity contribution in [1.82, 2.24) is 19.5 Å². The first-order valence-corrected chi connectivity index (χ1v) is 17.2. The lowest BCUT2D eigenvalue weighted by atomic mass is 10.1. The van der Waals surface area contributed by atoms with Crippen LogP contribution in [-0.4, -0.2) is 49.3 Å². The monoisotopic (exact) mass is 541 g/mol. The van der Waals surface area contributed by atoms with E-state index in [0.717, 1.165) is 5.75 Å². The topological polar surface area (TPSA) is 102 Å². The molecule has 7 nitrogen and oxygen atoms in total. The third-order valence-electron chi connectivity index (χ3n) is 5.85. The van der Waals surface area contributed by atoms with Crippen molar-refractivity contribution < 1.29 is 9.63 Å². The first-order chi connectivity index (χ1) is 17.1. The molecule has 2 rings (SSSR count). The van der Waals surface area contributed by atoms with Gasteiger partial charge in [0.2, 0.25) is 5.98 Å². The number of hydrogen-bond acceptors (Lipinski definition) is 8. The van der Waals surface area contributed by atoms with Gasteiger partial charge in [-0.25, -0.2) is 15.0 Å². The molecule has 2 heterocycles. The molecule has 0 aliphatic rings. The standard InChI is InChI=1S/C25H44N5O2PS2/c1-3-4-5-6-7-8-9-10-11-12-13-14-16-34-35-17-15-33(31)21-32-22(2)18-30-20-29-23-24(26)27-19-28-25(23)30/h19-22H,3-18H2,1-2H3,(H2,26,27,28)/t22-/m1/s1. The number of nitrogens with two attached hydrogens (primary N) is 1. The number of rotatable bonds is 21. The van der Waals surface area contributed by atoms with Gasteiger partial charge in [0.15, 0.2) is 11.5 Å². The predicted octanol–water partition coefficient (Wildman–Crippen LogP) is 6.41. The average Bonchev–Trinajstić information content (AvgIpc) is 3.26. The molecule has 0 radical (unpaired) electrons. The Morgan fingerprint density at radius 2 is 1.60 bits per heavy atom. The number of fused-ring (bicyclic) bond motifs is 1. The molecule has 35 heavy (non-hydrogen) atoms. The maximum absolute atomic E-state index is 12.2. The van der Waals surface area contributed by atoms with E-state index >= 15 is 0 Å². The SMILES string of the molecule is CCCCCCCCCCCCCCSSCC[P+]([O-])=CO[C@H](C)Cn1cnc2c(N)ncnc21. The van der Waals surface area contributed by atoms with Crippen molar-refractivity contribution in [2.75, 3.05) is 23.4 Å². The average molecular weight is 542 g/mol. The van der Waals surface area contributed by atoms with E-state index < -0.39 is 7.77 Å². The summed E-state index contributed by atoms with van der Waals surface area (Å²) in [6.45, 7) is 4.77. The number of aromatic nitrogens is 4. The van der Waals surface area contributed by atoms with Crippen LogP contribution in [0.15, 0.2) is 12.7 Å². The summed E-state index contributed by atoms with van der Waals surface area (Å²) < 4.78 is 7.56. The molecule has 10 heteroatoms. The minimum atomic E-state index is -1.46. The minimum Gasteiger partial charge on any atom is -0.629 e. The Labute approximate surface area is 220 Å².